The first-order valence-corrected chi connectivity index (χ1v) is 9.05. The number of fused-ring (bicyclic) bond motifs is 1. The number of hydrogen-bond acceptors (Lipinski definition) is 4. The Morgan fingerprint density at radius 1 is 1.40 bits per heavy atom. The van der Waals surface area contributed by atoms with Crippen LogP contribution < -0.4 is 0 Å². The number of aromatic nitrogens is 2. The molecule has 25 heavy (non-hydrogen) atoms. The molecule has 2 heterocycles. The number of nitrogens with zero attached hydrogens (tertiary/aromatic N) is 3. The highest BCUT2D eigenvalue weighted by Crippen LogP contribution is 2.18. The number of carbonyl (C=O) groups excluding carboxylic acids is 1. The number of imidazole rings is 1. The van der Waals surface area contributed by atoms with Gasteiger partial charge >= 0.3 is 0 Å². The summed E-state index contributed by atoms with van der Waals surface area (Å²) >= 11 is 0. The van der Waals surface area contributed by atoms with E-state index in [1.165, 1.54) is 0 Å². The lowest BCUT2D eigenvalue weighted by Gasteiger charge is -2.33. The molecule has 1 aromatic heterocycles. The van der Waals surface area contributed by atoms with Crippen molar-refractivity contribution >= 4 is 16.9 Å². The van der Waals surface area contributed by atoms with Crippen molar-refractivity contribution in [3.8, 4) is 0 Å². The molecular formula is C19H27N3O3. The predicted molar refractivity (Wildman–Crippen MR) is 96.5 cm³/mol. The molecule has 0 radical (unpaired) electrons. The molecule has 0 spiro atoms. The third-order valence-corrected chi connectivity index (χ3v) is 4.73. The lowest BCUT2D eigenvalue weighted by Crippen LogP contribution is -2.46. The van der Waals surface area contributed by atoms with Crippen molar-refractivity contribution in [2.75, 3.05) is 33.4 Å². The summed E-state index contributed by atoms with van der Waals surface area (Å²) in [5.74, 6) is 1.22. The van der Waals surface area contributed by atoms with Crippen molar-refractivity contribution in [3.63, 3.8) is 0 Å². The molecule has 1 atom stereocenters. The lowest BCUT2D eigenvalue weighted by molar-refractivity contribution is -0.139. The van der Waals surface area contributed by atoms with Gasteiger partial charge in [0.25, 0.3) is 0 Å². The van der Waals surface area contributed by atoms with Crippen molar-refractivity contribution in [2.24, 2.45) is 0 Å². The number of ether oxygens (including phenoxy) is 2. The summed E-state index contributed by atoms with van der Waals surface area (Å²) in [6.07, 6.45) is 2.26. The van der Waals surface area contributed by atoms with Gasteiger partial charge < -0.3 is 18.9 Å². The number of amides is 1. The molecule has 0 N–H and O–H groups in total. The quantitative estimate of drug-likeness (QED) is 0.772. The van der Waals surface area contributed by atoms with Gasteiger partial charge in [0, 0.05) is 46.2 Å². The van der Waals surface area contributed by atoms with E-state index in [4.69, 9.17) is 9.47 Å². The van der Waals surface area contributed by atoms with Crippen molar-refractivity contribution in [1.82, 2.24) is 14.5 Å². The number of carbonyl (C=O) groups is 1. The van der Waals surface area contributed by atoms with Crippen molar-refractivity contribution in [3.05, 3.63) is 30.1 Å². The second-order valence-electron chi connectivity index (χ2n) is 6.39. The van der Waals surface area contributed by atoms with Crippen LogP contribution in [0.15, 0.2) is 24.3 Å². The van der Waals surface area contributed by atoms with Crippen LogP contribution in [0.25, 0.3) is 11.0 Å². The third-order valence-electron chi connectivity index (χ3n) is 4.73. The number of hydrogen-bond donors (Lipinski definition) is 0. The Hall–Kier alpha value is -1.92. The van der Waals surface area contributed by atoms with Gasteiger partial charge in [-0.3, -0.25) is 4.79 Å². The van der Waals surface area contributed by atoms with Gasteiger partial charge in [0.1, 0.15) is 5.82 Å². The van der Waals surface area contributed by atoms with Crippen LogP contribution in [0.1, 0.15) is 25.6 Å². The molecule has 1 aromatic carbocycles. The zero-order chi connectivity index (χ0) is 17.6. The second kappa shape index (κ2) is 8.45. The Bertz CT molecular complexity index is 713. The summed E-state index contributed by atoms with van der Waals surface area (Å²) in [7, 11) is 1.69. The minimum Gasteiger partial charge on any atom is -0.385 e. The third kappa shape index (κ3) is 4.19. The van der Waals surface area contributed by atoms with Gasteiger partial charge in [-0.05, 0) is 18.6 Å². The first kappa shape index (κ1) is 17.9. The fourth-order valence-corrected chi connectivity index (χ4v) is 3.38. The average molecular weight is 345 g/mol. The summed E-state index contributed by atoms with van der Waals surface area (Å²) in [5.41, 5.74) is 2.10. The number of methoxy groups -OCH3 is 1. The van der Waals surface area contributed by atoms with Crippen LogP contribution in [0.3, 0.4) is 0 Å². The van der Waals surface area contributed by atoms with Gasteiger partial charge in [-0.25, -0.2) is 4.98 Å². The van der Waals surface area contributed by atoms with Crippen LogP contribution in [0.2, 0.25) is 0 Å². The van der Waals surface area contributed by atoms with Gasteiger partial charge in [0.05, 0.1) is 23.7 Å². The molecule has 136 valence electrons. The largest absolute Gasteiger partial charge is 0.385 e. The number of para-hydroxylation sites is 2. The standard InChI is InChI=1S/C19H27N3O3/c1-3-18-20-16-6-4-5-7-17(16)22(18)10-8-19(23)21-11-13-25-15(14-21)9-12-24-2/h4-7,15H,3,8-14H2,1-2H3/t15-/m0/s1. The lowest BCUT2D eigenvalue weighted by atomic mass is 10.2. The minimum atomic E-state index is 0.0814. The van der Waals surface area contributed by atoms with Gasteiger partial charge in [-0.15, -0.1) is 0 Å². The molecule has 6 nitrogen and oxygen atoms in total. The predicted octanol–water partition coefficient (Wildman–Crippen LogP) is 2.25. The number of rotatable bonds is 7. The maximum absolute atomic E-state index is 12.7. The molecule has 0 aliphatic carbocycles. The summed E-state index contributed by atoms with van der Waals surface area (Å²) in [6.45, 7) is 5.37. The minimum absolute atomic E-state index is 0.0814. The van der Waals surface area contributed by atoms with Gasteiger partial charge in [0.15, 0.2) is 0 Å². The number of aryl methyl sites for hydroxylation is 2. The summed E-state index contributed by atoms with van der Waals surface area (Å²) in [6, 6.07) is 8.11. The molecule has 0 unspecified atom stereocenters. The highest BCUT2D eigenvalue weighted by molar-refractivity contribution is 5.78. The Morgan fingerprint density at radius 3 is 3.04 bits per heavy atom. The van der Waals surface area contributed by atoms with Gasteiger partial charge in [-0.2, -0.15) is 0 Å². The number of morpholine rings is 1. The molecule has 3 rings (SSSR count). The van der Waals surface area contributed by atoms with E-state index in [0.717, 1.165) is 29.7 Å². The maximum Gasteiger partial charge on any atom is 0.224 e. The summed E-state index contributed by atoms with van der Waals surface area (Å²) in [5, 5.41) is 0. The van der Waals surface area contributed by atoms with Crippen LogP contribution >= 0.6 is 0 Å². The Morgan fingerprint density at radius 2 is 2.24 bits per heavy atom. The maximum atomic E-state index is 12.7. The van der Waals surface area contributed by atoms with Crippen LogP contribution in [0, 0.1) is 0 Å². The topological polar surface area (TPSA) is 56.6 Å². The summed E-state index contributed by atoms with van der Waals surface area (Å²) in [4.78, 5) is 19.3. The van der Waals surface area contributed by atoms with E-state index < -0.39 is 0 Å². The first-order chi connectivity index (χ1) is 12.2. The molecule has 1 fully saturated rings. The first-order valence-electron chi connectivity index (χ1n) is 9.05. The fourth-order valence-electron chi connectivity index (χ4n) is 3.38. The molecular weight excluding hydrogens is 318 g/mol. The molecule has 1 amide bonds. The SMILES string of the molecule is CCc1nc2ccccc2n1CCC(=O)N1CCO[C@@H](CCOC)C1. The van der Waals surface area contributed by atoms with Gasteiger partial charge in [0.2, 0.25) is 5.91 Å². The van der Waals surface area contributed by atoms with Crippen LogP contribution in [-0.2, 0) is 27.2 Å². The smallest absolute Gasteiger partial charge is 0.224 e. The Balaban J connectivity index is 1.62. The summed E-state index contributed by atoms with van der Waals surface area (Å²) < 4.78 is 13.0. The van der Waals surface area contributed by atoms with Crippen LogP contribution in [0.5, 0.6) is 0 Å². The van der Waals surface area contributed by atoms with E-state index in [1.54, 1.807) is 7.11 Å². The molecule has 0 saturated carbocycles. The molecule has 1 aliphatic rings. The van der Waals surface area contributed by atoms with E-state index in [0.29, 0.717) is 39.3 Å². The van der Waals surface area contributed by atoms with Crippen molar-refractivity contribution in [1.29, 1.82) is 0 Å². The van der Waals surface area contributed by atoms with Gasteiger partial charge in [-0.1, -0.05) is 19.1 Å². The monoisotopic (exact) mass is 345 g/mol. The molecule has 0 bridgehead atoms. The average Bonchev–Trinajstić information content (AvgIpc) is 3.02. The van der Waals surface area contributed by atoms with E-state index in [-0.39, 0.29) is 12.0 Å². The van der Waals surface area contributed by atoms with Crippen molar-refractivity contribution in [2.45, 2.75) is 38.8 Å². The van der Waals surface area contributed by atoms with E-state index in [1.807, 2.05) is 23.1 Å². The molecule has 6 heteroatoms. The Kier molecular flexibility index (Phi) is 6.04. The normalized spacial score (nSPS) is 18.0. The van der Waals surface area contributed by atoms with Crippen LogP contribution in [0.4, 0.5) is 0 Å². The zero-order valence-corrected chi connectivity index (χ0v) is 15.1. The van der Waals surface area contributed by atoms with E-state index in [9.17, 15) is 4.79 Å². The highest BCUT2D eigenvalue weighted by Gasteiger charge is 2.24. The van der Waals surface area contributed by atoms with Crippen molar-refractivity contribution < 1.29 is 14.3 Å². The Labute approximate surface area is 148 Å². The van der Waals surface area contributed by atoms with E-state index in [2.05, 4.69) is 22.5 Å². The highest BCUT2D eigenvalue weighted by atomic mass is 16.5. The zero-order valence-electron chi connectivity index (χ0n) is 15.1. The van der Waals surface area contributed by atoms with E-state index >= 15 is 0 Å². The second-order valence-corrected chi connectivity index (χ2v) is 6.39. The molecule has 1 aliphatic heterocycles. The molecule has 1 saturated heterocycles. The number of benzene rings is 1. The fraction of sp³-hybridized carbons (Fsp3) is 0.579. The van der Waals surface area contributed by atoms with Crippen LogP contribution in [-0.4, -0.2) is 59.9 Å². The molecule has 2 aromatic rings.